The van der Waals surface area contributed by atoms with E-state index in [1.54, 1.807) is 22.6 Å². The van der Waals surface area contributed by atoms with Gasteiger partial charge in [0.15, 0.2) is 0 Å². The zero-order valence-electron chi connectivity index (χ0n) is 14.0. The maximum Gasteiger partial charge on any atom is 0.243 e. The highest BCUT2D eigenvalue weighted by Gasteiger charge is 2.35. The Morgan fingerprint density at radius 3 is 2.68 bits per heavy atom. The highest BCUT2D eigenvalue weighted by molar-refractivity contribution is 7.89. The molecule has 0 aliphatic carbocycles. The molecule has 1 saturated heterocycles. The molecule has 3 heterocycles. The van der Waals surface area contributed by atoms with Gasteiger partial charge >= 0.3 is 0 Å². The highest BCUT2D eigenvalue weighted by Crippen LogP contribution is 2.34. The quantitative estimate of drug-likeness (QED) is 0.724. The molecular weight excluding hydrogens is 336 g/mol. The van der Waals surface area contributed by atoms with Gasteiger partial charge in [0.05, 0.1) is 16.6 Å². The van der Waals surface area contributed by atoms with Gasteiger partial charge in [-0.25, -0.2) is 18.4 Å². The van der Waals surface area contributed by atoms with Crippen molar-refractivity contribution in [2.24, 2.45) is 0 Å². The number of aryl methyl sites for hydroxylation is 1. The number of rotatable bonds is 3. The second-order valence-corrected chi connectivity index (χ2v) is 8.32. The summed E-state index contributed by atoms with van der Waals surface area (Å²) in [5.74, 6) is 0.593. The first kappa shape index (κ1) is 16.2. The molecule has 0 N–H and O–H groups in total. The summed E-state index contributed by atoms with van der Waals surface area (Å²) in [7, 11) is -3.55. The predicted molar refractivity (Wildman–Crippen MR) is 94.6 cm³/mol. The van der Waals surface area contributed by atoms with E-state index in [-0.39, 0.29) is 6.04 Å². The Hall–Kier alpha value is -2.25. The first-order chi connectivity index (χ1) is 12.1. The summed E-state index contributed by atoms with van der Waals surface area (Å²) in [4.78, 5) is 9.13. The minimum absolute atomic E-state index is 0.248. The van der Waals surface area contributed by atoms with Crippen LogP contribution in [0.3, 0.4) is 0 Å². The largest absolute Gasteiger partial charge is 0.291 e. The molecule has 1 aromatic carbocycles. The Bertz CT molecular complexity index is 995. The number of nitrogens with zero attached hydrogens (tertiary/aromatic N) is 4. The summed E-state index contributed by atoms with van der Waals surface area (Å²) in [6.07, 6.45) is 8.03. The van der Waals surface area contributed by atoms with E-state index in [1.165, 1.54) is 0 Å². The van der Waals surface area contributed by atoms with Crippen LogP contribution in [-0.2, 0) is 10.0 Å². The lowest BCUT2D eigenvalue weighted by Gasteiger charge is -2.34. The lowest BCUT2D eigenvalue weighted by Crippen LogP contribution is -2.38. The standard InChI is InChI=1S/C18H20N4O2S/c1-14-5-7-15(8-6-14)25(23,24)22-11-3-2-4-17(22)16-9-12-21-13-10-19-18(21)20-16/h5-10,12-13,17H,2-4,11H2,1H3. The van der Waals surface area contributed by atoms with E-state index in [1.807, 2.05) is 41.9 Å². The first-order valence-corrected chi connectivity index (χ1v) is 9.88. The molecule has 0 saturated carbocycles. The molecule has 6 nitrogen and oxygen atoms in total. The average molecular weight is 356 g/mol. The molecule has 1 aliphatic rings. The molecule has 0 spiro atoms. The van der Waals surface area contributed by atoms with Gasteiger partial charge in [0.25, 0.3) is 0 Å². The van der Waals surface area contributed by atoms with Crippen molar-refractivity contribution >= 4 is 15.8 Å². The van der Waals surface area contributed by atoms with Crippen molar-refractivity contribution in [3.63, 3.8) is 0 Å². The number of hydrogen-bond acceptors (Lipinski definition) is 4. The van der Waals surface area contributed by atoms with Crippen LogP contribution in [0.5, 0.6) is 0 Å². The van der Waals surface area contributed by atoms with Crippen LogP contribution < -0.4 is 0 Å². The molecule has 0 bridgehead atoms. The van der Waals surface area contributed by atoms with Gasteiger partial charge < -0.3 is 0 Å². The van der Waals surface area contributed by atoms with Crippen LogP contribution in [0.2, 0.25) is 0 Å². The third-order valence-electron chi connectivity index (χ3n) is 4.71. The van der Waals surface area contributed by atoms with Crippen molar-refractivity contribution in [2.75, 3.05) is 6.54 Å². The maximum absolute atomic E-state index is 13.2. The van der Waals surface area contributed by atoms with Gasteiger partial charge in [-0.2, -0.15) is 4.31 Å². The second-order valence-electron chi connectivity index (χ2n) is 6.43. The molecule has 2 aromatic heterocycles. The molecule has 3 aromatic rings. The normalized spacial score (nSPS) is 19.3. The third-order valence-corrected chi connectivity index (χ3v) is 6.63. The predicted octanol–water partition coefficient (Wildman–Crippen LogP) is 2.95. The summed E-state index contributed by atoms with van der Waals surface area (Å²) < 4.78 is 29.8. The van der Waals surface area contributed by atoms with Gasteiger partial charge in [0.1, 0.15) is 0 Å². The van der Waals surface area contributed by atoms with E-state index in [2.05, 4.69) is 9.97 Å². The van der Waals surface area contributed by atoms with E-state index in [4.69, 9.17) is 0 Å². The Morgan fingerprint density at radius 2 is 1.88 bits per heavy atom. The first-order valence-electron chi connectivity index (χ1n) is 8.44. The van der Waals surface area contributed by atoms with E-state index in [9.17, 15) is 8.42 Å². The summed E-state index contributed by atoms with van der Waals surface area (Å²) >= 11 is 0. The zero-order valence-corrected chi connectivity index (χ0v) is 14.9. The number of piperidine rings is 1. The molecule has 1 unspecified atom stereocenters. The fourth-order valence-electron chi connectivity index (χ4n) is 3.34. The molecule has 4 rings (SSSR count). The molecule has 1 fully saturated rings. The van der Waals surface area contributed by atoms with E-state index < -0.39 is 10.0 Å². The zero-order chi connectivity index (χ0) is 17.4. The van der Waals surface area contributed by atoms with Gasteiger partial charge in [-0.15, -0.1) is 0 Å². The monoisotopic (exact) mass is 356 g/mol. The van der Waals surface area contributed by atoms with Crippen molar-refractivity contribution in [3.8, 4) is 0 Å². The fourth-order valence-corrected chi connectivity index (χ4v) is 5.01. The molecule has 130 valence electrons. The van der Waals surface area contributed by atoms with E-state index >= 15 is 0 Å². The van der Waals surface area contributed by atoms with Crippen LogP contribution in [0.4, 0.5) is 0 Å². The Kier molecular flexibility index (Phi) is 4.05. The van der Waals surface area contributed by atoms with Crippen LogP contribution in [0, 0.1) is 6.92 Å². The Morgan fingerprint density at radius 1 is 1.08 bits per heavy atom. The molecule has 0 amide bonds. The lowest BCUT2D eigenvalue weighted by atomic mass is 10.0. The van der Waals surface area contributed by atoms with Crippen LogP contribution in [0.15, 0.2) is 53.8 Å². The number of fused-ring (bicyclic) bond motifs is 1. The highest BCUT2D eigenvalue weighted by atomic mass is 32.2. The van der Waals surface area contributed by atoms with Crippen molar-refractivity contribution in [1.82, 2.24) is 18.7 Å². The maximum atomic E-state index is 13.2. The summed E-state index contributed by atoms with van der Waals surface area (Å²) in [5.41, 5.74) is 1.80. The minimum atomic E-state index is -3.55. The topological polar surface area (TPSA) is 67.6 Å². The van der Waals surface area contributed by atoms with Crippen molar-refractivity contribution in [1.29, 1.82) is 0 Å². The number of benzene rings is 1. The number of imidazole rings is 1. The van der Waals surface area contributed by atoms with Gasteiger partial charge in [-0.05, 0) is 38.0 Å². The van der Waals surface area contributed by atoms with E-state index in [0.29, 0.717) is 17.2 Å². The molecule has 7 heteroatoms. The van der Waals surface area contributed by atoms with E-state index in [0.717, 1.165) is 30.5 Å². The SMILES string of the molecule is Cc1ccc(S(=O)(=O)N2CCCCC2c2ccn3ccnc3n2)cc1. The van der Waals surface area contributed by atoms with Crippen LogP contribution >= 0.6 is 0 Å². The molecule has 1 atom stereocenters. The molecule has 0 radical (unpaired) electrons. The van der Waals surface area contributed by atoms with Crippen molar-refractivity contribution in [3.05, 3.63) is 60.2 Å². The van der Waals surface area contributed by atoms with Gasteiger partial charge in [0.2, 0.25) is 15.8 Å². The minimum Gasteiger partial charge on any atom is -0.291 e. The second kappa shape index (κ2) is 6.24. The number of aromatic nitrogens is 3. The van der Waals surface area contributed by atoms with Crippen LogP contribution in [0.1, 0.15) is 36.6 Å². The van der Waals surface area contributed by atoms with Crippen LogP contribution in [0.25, 0.3) is 5.78 Å². The lowest BCUT2D eigenvalue weighted by molar-refractivity contribution is 0.251. The Balaban J connectivity index is 1.74. The number of hydrogen-bond donors (Lipinski definition) is 0. The van der Waals surface area contributed by atoms with Gasteiger partial charge in [-0.3, -0.25) is 4.40 Å². The van der Waals surface area contributed by atoms with Gasteiger partial charge in [0, 0.05) is 25.1 Å². The summed E-state index contributed by atoms with van der Waals surface area (Å²) in [6, 6.07) is 8.68. The summed E-state index contributed by atoms with van der Waals surface area (Å²) in [6.45, 7) is 2.46. The van der Waals surface area contributed by atoms with Crippen LogP contribution in [-0.4, -0.2) is 33.6 Å². The fraction of sp³-hybridized carbons (Fsp3) is 0.333. The average Bonchev–Trinajstić information content (AvgIpc) is 3.10. The molecule has 25 heavy (non-hydrogen) atoms. The number of sulfonamides is 1. The molecular formula is C18H20N4O2S. The summed E-state index contributed by atoms with van der Waals surface area (Å²) in [5, 5.41) is 0. The Labute approximate surface area is 147 Å². The molecule has 1 aliphatic heterocycles. The van der Waals surface area contributed by atoms with Crippen molar-refractivity contribution in [2.45, 2.75) is 37.1 Å². The van der Waals surface area contributed by atoms with Crippen molar-refractivity contribution < 1.29 is 8.42 Å². The van der Waals surface area contributed by atoms with Gasteiger partial charge in [-0.1, -0.05) is 24.1 Å². The third kappa shape index (κ3) is 2.94. The smallest absolute Gasteiger partial charge is 0.243 e.